The number of aliphatic carboxylic acids is 1. The standard InChI is InChI=1S/C16H28N2O5/c1-5-17-10-12(13(19)20)22-16(11-17)6-8-18(9-7-16)14(21)23-15(2,3)4/h12H,5-11H2,1-4H3,(H,19,20)/t12-/m1/s1. The van der Waals surface area contributed by atoms with Gasteiger partial charge in [0.25, 0.3) is 0 Å². The summed E-state index contributed by atoms with van der Waals surface area (Å²) in [5.41, 5.74) is -0.989. The Labute approximate surface area is 137 Å². The zero-order valence-electron chi connectivity index (χ0n) is 14.5. The van der Waals surface area contributed by atoms with Gasteiger partial charge >= 0.3 is 12.1 Å². The highest BCUT2D eigenvalue weighted by Crippen LogP contribution is 2.33. The molecule has 0 radical (unpaired) electrons. The first kappa shape index (κ1) is 18.0. The lowest BCUT2D eigenvalue weighted by Gasteiger charge is -2.48. The summed E-state index contributed by atoms with van der Waals surface area (Å²) in [7, 11) is 0. The number of carbonyl (C=O) groups is 2. The molecule has 0 saturated carbocycles. The van der Waals surface area contributed by atoms with Gasteiger partial charge < -0.3 is 19.5 Å². The van der Waals surface area contributed by atoms with E-state index in [-0.39, 0.29) is 6.09 Å². The summed E-state index contributed by atoms with van der Waals surface area (Å²) in [6.45, 7) is 10.5. The average Bonchev–Trinajstić information content (AvgIpc) is 2.45. The molecule has 2 heterocycles. The molecule has 23 heavy (non-hydrogen) atoms. The van der Waals surface area contributed by atoms with Gasteiger partial charge in [-0.15, -0.1) is 0 Å². The molecule has 1 amide bonds. The van der Waals surface area contributed by atoms with E-state index >= 15 is 0 Å². The molecule has 0 aromatic carbocycles. The molecule has 1 atom stereocenters. The third-order valence-electron chi connectivity index (χ3n) is 4.38. The van der Waals surface area contributed by atoms with Crippen molar-refractivity contribution in [2.75, 3.05) is 32.7 Å². The molecule has 2 fully saturated rings. The number of hydrogen-bond acceptors (Lipinski definition) is 5. The number of hydrogen-bond donors (Lipinski definition) is 1. The Morgan fingerprint density at radius 3 is 2.39 bits per heavy atom. The number of morpholine rings is 1. The third-order valence-corrected chi connectivity index (χ3v) is 4.38. The van der Waals surface area contributed by atoms with Crippen LogP contribution in [0, 0.1) is 0 Å². The molecular formula is C16H28N2O5. The summed E-state index contributed by atoms with van der Waals surface area (Å²) in [6, 6.07) is 0. The topological polar surface area (TPSA) is 79.3 Å². The highest BCUT2D eigenvalue weighted by atomic mass is 16.6. The molecule has 1 spiro atoms. The molecule has 132 valence electrons. The molecule has 7 heteroatoms. The van der Waals surface area contributed by atoms with Crippen molar-refractivity contribution < 1.29 is 24.2 Å². The molecule has 2 saturated heterocycles. The number of rotatable bonds is 2. The Bertz CT molecular complexity index is 452. The summed E-state index contributed by atoms with van der Waals surface area (Å²) in [5.74, 6) is -0.919. The van der Waals surface area contributed by atoms with Crippen LogP contribution in [0.15, 0.2) is 0 Å². The molecule has 0 aromatic heterocycles. The van der Waals surface area contributed by atoms with Gasteiger partial charge in [-0.05, 0) is 40.2 Å². The second-order valence-corrected chi connectivity index (χ2v) is 7.42. The van der Waals surface area contributed by atoms with Crippen molar-refractivity contribution in [1.29, 1.82) is 0 Å². The summed E-state index contributed by atoms with van der Waals surface area (Å²) in [5, 5.41) is 9.30. The minimum atomic E-state index is -0.919. The smallest absolute Gasteiger partial charge is 0.410 e. The number of carboxylic acid groups (broad SMARTS) is 1. The van der Waals surface area contributed by atoms with Crippen LogP contribution in [0.25, 0.3) is 0 Å². The van der Waals surface area contributed by atoms with Crippen LogP contribution in [0.5, 0.6) is 0 Å². The molecule has 0 aliphatic carbocycles. The molecule has 7 nitrogen and oxygen atoms in total. The van der Waals surface area contributed by atoms with Gasteiger partial charge in [0.1, 0.15) is 5.60 Å². The number of amides is 1. The van der Waals surface area contributed by atoms with Crippen molar-refractivity contribution in [1.82, 2.24) is 9.80 Å². The molecule has 1 N–H and O–H groups in total. The number of piperidine rings is 1. The van der Waals surface area contributed by atoms with Gasteiger partial charge in [-0.1, -0.05) is 6.92 Å². The van der Waals surface area contributed by atoms with Crippen LogP contribution in [-0.2, 0) is 14.3 Å². The van der Waals surface area contributed by atoms with Crippen LogP contribution in [0.4, 0.5) is 4.79 Å². The number of carbonyl (C=O) groups excluding carboxylic acids is 1. The quantitative estimate of drug-likeness (QED) is 0.829. The lowest BCUT2D eigenvalue weighted by molar-refractivity contribution is -0.194. The van der Waals surface area contributed by atoms with Gasteiger partial charge in [-0.2, -0.15) is 0 Å². The zero-order valence-corrected chi connectivity index (χ0v) is 14.5. The number of likely N-dealkylation sites (tertiary alicyclic amines) is 1. The summed E-state index contributed by atoms with van der Waals surface area (Å²) < 4.78 is 11.3. The fourth-order valence-electron chi connectivity index (χ4n) is 3.15. The van der Waals surface area contributed by atoms with Crippen molar-refractivity contribution in [2.24, 2.45) is 0 Å². The fraction of sp³-hybridized carbons (Fsp3) is 0.875. The van der Waals surface area contributed by atoms with E-state index in [0.717, 1.165) is 13.1 Å². The van der Waals surface area contributed by atoms with E-state index < -0.39 is 23.3 Å². The first-order chi connectivity index (χ1) is 10.6. The predicted octanol–water partition coefficient (Wildman–Crippen LogP) is 1.56. The van der Waals surface area contributed by atoms with Crippen LogP contribution in [0.1, 0.15) is 40.5 Å². The van der Waals surface area contributed by atoms with E-state index in [1.54, 1.807) is 4.90 Å². The Kier molecular flexibility index (Phi) is 5.20. The number of nitrogens with zero attached hydrogens (tertiary/aromatic N) is 2. The van der Waals surface area contributed by atoms with Gasteiger partial charge in [0.15, 0.2) is 6.10 Å². The van der Waals surface area contributed by atoms with E-state index in [9.17, 15) is 14.7 Å². The van der Waals surface area contributed by atoms with E-state index in [1.165, 1.54) is 0 Å². The fourth-order valence-corrected chi connectivity index (χ4v) is 3.15. The van der Waals surface area contributed by atoms with Crippen LogP contribution in [-0.4, -0.2) is 77.0 Å². The van der Waals surface area contributed by atoms with Crippen LogP contribution >= 0.6 is 0 Å². The second kappa shape index (κ2) is 6.65. The van der Waals surface area contributed by atoms with Crippen molar-refractivity contribution in [3.63, 3.8) is 0 Å². The molecule has 2 aliphatic rings. The van der Waals surface area contributed by atoms with Crippen molar-refractivity contribution in [3.05, 3.63) is 0 Å². The third kappa shape index (κ3) is 4.57. The van der Waals surface area contributed by atoms with E-state index in [1.807, 2.05) is 27.7 Å². The van der Waals surface area contributed by atoms with E-state index in [4.69, 9.17) is 9.47 Å². The first-order valence-corrected chi connectivity index (χ1v) is 8.25. The minimum absolute atomic E-state index is 0.315. The summed E-state index contributed by atoms with van der Waals surface area (Å²) >= 11 is 0. The van der Waals surface area contributed by atoms with Gasteiger partial charge in [-0.25, -0.2) is 9.59 Å². The maximum atomic E-state index is 12.1. The van der Waals surface area contributed by atoms with Gasteiger partial charge in [0.05, 0.1) is 5.60 Å². The number of ether oxygens (including phenoxy) is 2. The Morgan fingerprint density at radius 2 is 1.91 bits per heavy atom. The Balaban J connectivity index is 1.98. The lowest BCUT2D eigenvalue weighted by Crippen LogP contribution is -2.61. The molecule has 2 aliphatic heterocycles. The van der Waals surface area contributed by atoms with Crippen molar-refractivity contribution in [2.45, 2.75) is 57.8 Å². The van der Waals surface area contributed by atoms with E-state index in [2.05, 4.69) is 4.90 Å². The van der Waals surface area contributed by atoms with Gasteiger partial charge in [0, 0.05) is 26.2 Å². The average molecular weight is 328 g/mol. The predicted molar refractivity (Wildman–Crippen MR) is 84.4 cm³/mol. The normalized spacial score (nSPS) is 25.4. The Hall–Kier alpha value is -1.34. The minimum Gasteiger partial charge on any atom is -0.479 e. The van der Waals surface area contributed by atoms with Gasteiger partial charge in [0.2, 0.25) is 0 Å². The molecular weight excluding hydrogens is 300 g/mol. The molecule has 2 rings (SSSR count). The van der Waals surface area contributed by atoms with Crippen molar-refractivity contribution >= 4 is 12.1 Å². The monoisotopic (exact) mass is 328 g/mol. The van der Waals surface area contributed by atoms with Crippen molar-refractivity contribution in [3.8, 4) is 0 Å². The lowest BCUT2D eigenvalue weighted by atomic mass is 9.88. The Morgan fingerprint density at radius 1 is 1.30 bits per heavy atom. The zero-order chi connectivity index (χ0) is 17.3. The van der Waals surface area contributed by atoms with Crippen LogP contribution in [0.3, 0.4) is 0 Å². The molecule has 0 bridgehead atoms. The highest BCUT2D eigenvalue weighted by Gasteiger charge is 2.45. The molecule has 0 unspecified atom stereocenters. The number of likely N-dealkylation sites (N-methyl/N-ethyl adjacent to an activating group) is 1. The summed E-state index contributed by atoms with van der Waals surface area (Å²) in [6.07, 6.45) is 0.154. The van der Waals surface area contributed by atoms with Crippen LogP contribution in [0.2, 0.25) is 0 Å². The van der Waals surface area contributed by atoms with E-state index in [0.29, 0.717) is 32.5 Å². The van der Waals surface area contributed by atoms with Crippen LogP contribution < -0.4 is 0 Å². The SMILES string of the molecule is CCN1C[C@H](C(=O)O)OC2(CCN(C(=O)OC(C)(C)C)CC2)C1. The largest absolute Gasteiger partial charge is 0.479 e. The highest BCUT2D eigenvalue weighted by molar-refractivity contribution is 5.73. The molecule has 0 aromatic rings. The number of carboxylic acids is 1. The second-order valence-electron chi connectivity index (χ2n) is 7.42. The van der Waals surface area contributed by atoms with Gasteiger partial charge in [-0.3, -0.25) is 4.90 Å². The first-order valence-electron chi connectivity index (χ1n) is 8.25. The summed E-state index contributed by atoms with van der Waals surface area (Å²) in [4.78, 5) is 27.3. The maximum Gasteiger partial charge on any atom is 0.410 e. The maximum absolute atomic E-state index is 12.1.